The third kappa shape index (κ3) is 6.49. The number of aliphatic hydroxyl groups is 1. The standard InChI is InChI=1S/C18H29NO2/c1-15-9-11-18(12-10-15)21-14-17(20)13-19-16-7-5-3-2-4-6-8-16/h9-12,16-17,19-20H,2-8,13-14H2,1H3/p+1/t17-/m1/s1. The Bertz CT molecular complexity index is 383. The zero-order chi connectivity index (χ0) is 14.9. The molecule has 3 N–H and O–H groups in total. The van der Waals surface area contributed by atoms with Gasteiger partial charge in [0.2, 0.25) is 0 Å². The second kappa shape index (κ2) is 9.06. The van der Waals surface area contributed by atoms with Crippen LogP contribution in [0.2, 0.25) is 0 Å². The molecule has 0 unspecified atom stereocenters. The van der Waals surface area contributed by atoms with E-state index in [2.05, 4.69) is 12.2 Å². The molecule has 0 saturated heterocycles. The van der Waals surface area contributed by atoms with E-state index in [1.54, 1.807) is 0 Å². The van der Waals surface area contributed by atoms with Crippen LogP contribution in [0.4, 0.5) is 0 Å². The molecule has 1 aliphatic rings. The highest BCUT2D eigenvalue weighted by atomic mass is 16.5. The van der Waals surface area contributed by atoms with Gasteiger partial charge >= 0.3 is 0 Å². The van der Waals surface area contributed by atoms with Gasteiger partial charge in [-0.15, -0.1) is 0 Å². The molecule has 1 aliphatic carbocycles. The van der Waals surface area contributed by atoms with Gasteiger partial charge in [0.1, 0.15) is 25.0 Å². The topological polar surface area (TPSA) is 46.1 Å². The Kier molecular flexibility index (Phi) is 7.04. The number of rotatable bonds is 6. The summed E-state index contributed by atoms with van der Waals surface area (Å²) >= 11 is 0. The first-order valence-corrected chi connectivity index (χ1v) is 8.45. The molecule has 0 aliphatic heterocycles. The van der Waals surface area contributed by atoms with Gasteiger partial charge in [0.15, 0.2) is 0 Å². The zero-order valence-corrected chi connectivity index (χ0v) is 13.3. The summed E-state index contributed by atoms with van der Waals surface area (Å²) in [4.78, 5) is 0. The van der Waals surface area contributed by atoms with Gasteiger partial charge in [0.05, 0.1) is 6.04 Å². The lowest BCUT2D eigenvalue weighted by molar-refractivity contribution is -0.696. The number of hydrogen-bond acceptors (Lipinski definition) is 2. The number of quaternary nitrogens is 1. The SMILES string of the molecule is Cc1ccc(OC[C@H](O)C[NH2+]C2CCCCCCC2)cc1. The first kappa shape index (κ1) is 16.3. The van der Waals surface area contributed by atoms with E-state index in [0.717, 1.165) is 12.3 Å². The van der Waals surface area contributed by atoms with Crippen molar-refractivity contribution in [1.29, 1.82) is 0 Å². The van der Waals surface area contributed by atoms with E-state index in [-0.39, 0.29) is 0 Å². The number of hydrogen-bond donors (Lipinski definition) is 2. The molecule has 0 spiro atoms. The average molecular weight is 292 g/mol. The zero-order valence-electron chi connectivity index (χ0n) is 13.3. The van der Waals surface area contributed by atoms with Crippen LogP contribution in [0.1, 0.15) is 50.5 Å². The maximum absolute atomic E-state index is 10.1. The summed E-state index contributed by atoms with van der Waals surface area (Å²) in [5.74, 6) is 0.839. The molecule has 0 amide bonds. The molecule has 1 saturated carbocycles. The summed E-state index contributed by atoms with van der Waals surface area (Å²) in [7, 11) is 0. The van der Waals surface area contributed by atoms with Crippen LogP contribution in [0.25, 0.3) is 0 Å². The highest BCUT2D eigenvalue weighted by Crippen LogP contribution is 2.15. The predicted octanol–water partition coefficient (Wildman–Crippen LogP) is 2.41. The lowest BCUT2D eigenvalue weighted by Gasteiger charge is -2.20. The molecule has 1 aromatic carbocycles. The Balaban J connectivity index is 1.64. The van der Waals surface area contributed by atoms with Crippen molar-refractivity contribution in [2.45, 2.75) is 64.0 Å². The normalized spacial score (nSPS) is 18.8. The highest BCUT2D eigenvalue weighted by Gasteiger charge is 2.16. The minimum Gasteiger partial charge on any atom is -0.491 e. The molecule has 1 fully saturated rings. The number of ether oxygens (including phenoxy) is 1. The number of aryl methyl sites for hydroxylation is 1. The Morgan fingerprint density at radius 1 is 1.10 bits per heavy atom. The third-order valence-electron chi connectivity index (χ3n) is 4.35. The molecule has 118 valence electrons. The molecule has 0 heterocycles. The summed E-state index contributed by atoms with van der Waals surface area (Å²) in [5.41, 5.74) is 1.22. The first-order valence-electron chi connectivity index (χ1n) is 8.45. The minimum absolute atomic E-state index is 0.381. The van der Waals surface area contributed by atoms with Crippen LogP contribution in [-0.4, -0.2) is 30.4 Å². The number of nitrogens with two attached hydrogens (primary N) is 1. The average Bonchev–Trinajstić information content (AvgIpc) is 2.45. The van der Waals surface area contributed by atoms with Crippen LogP contribution in [0.5, 0.6) is 5.75 Å². The monoisotopic (exact) mass is 292 g/mol. The van der Waals surface area contributed by atoms with Crippen molar-refractivity contribution in [3.05, 3.63) is 29.8 Å². The second-order valence-corrected chi connectivity index (χ2v) is 6.35. The predicted molar refractivity (Wildman–Crippen MR) is 85.6 cm³/mol. The molecule has 1 atom stereocenters. The fraction of sp³-hybridized carbons (Fsp3) is 0.667. The van der Waals surface area contributed by atoms with E-state index in [9.17, 15) is 5.11 Å². The molecule has 21 heavy (non-hydrogen) atoms. The van der Waals surface area contributed by atoms with Crippen LogP contribution in [0.3, 0.4) is 0 Å². The van der Waals surface area contributed by atoms with Gasteiger partial charge in [-0.05, 0) is 44.7 Å². The Hall–Kier alpha value is -1.06. The molecule has 3 heteroatoms. The van der Waals surface area contributed by atoms with E-state index in [1.165, 1.54) is 50.5 Å². The smallest absolute Gasteiger partial charge is 0.137 e. The van der Waals surface area contributed by atoms with E-state index < -0.39 is 6.10 Å². The molecule has 1 aromatic rings. The van der Waals surface area contributed by atoms with E-state index in [4.69, 9.17) is 4.74 Å². The molecule has 0 radical (unpaired) electrons. The number of aliphatic hydroxyl groups excluding tert-OH is 1. The van der Waals surface area contributed by atoms with Crippen LogP contribution < -0.4 is 10.1 Å². The number of benzene rings is 1. The van der Waals surface area contributed by atoms with Gasteiger partial charge in [-0.1, -0.05) is 37.0 Å². The van der Waals surface area contributed by atoms with Crippen molar-refractivity contribution in [2.75, 3.05) is 13.2 Å². The molecular weight excluding hydrogens is 262 g/mol. The Morgan fingerprint density at radius 3 is 2.38 bits per heavy atom. The van der Waals surface area contributed by atoms with Crippen molar-refractivity contribution in [2.24, 2.45) is 0 Å². The maximum Gasteiger partial charge on any atom is 0.137 e. The van der Waals surface area contributed by atoms with Crippen molar-refractivity contribution in [1.82, 2.24) is 0 Å². The summed E-state index contributed by atoms with van der Waals surface area (Å²) in [5, 5.41) is 12.4. The van der Waals surface area contributed by atoms with Crippen molar-refractivity contribution in [3.63, 3.8) is 0 Å². The lowest BCUT2D eigenvalue weighted by atomic mass is 9.96. The lowest BCUT2D eigenvalue weighted by Crippen LogP contribution is -2.92. The second-order valence-electron chi connectivity index (χ2n) is 6.35. The highest BCUT2D eigenvalue weighted by molar-refractivity contribution is 5.26. The van der Waals surface area contributed by atoms with Crippen LogP contribution in [0, 0.1) is 6.92 Å². The summed E-state index contributed by atoms with van der Waals surface area (Å²) in [6, 6.07) is 8.67. The minimum atomic E-state index is -0.392. The van der Waals surface area contributed by atoms with Gasteiger partial charge in [-0.3, -0.25) is 0 Å². The van der Waals surface area contributed by atoms with Crippen LogP contribution >= 0.6 is 0 Å². The van der Waals surface area contributed by atoms with Gasteiger partial charge in [0, 0.05) is 0 Å². The summed E-state index contributed by atoms with van der Waals surface area (Å²) < 4.78 is 5.64. The maximum atomic E-state index is 10.1. The first-order chi connectivity index (χ1) is 10.2. The third-order valence-corrected chi connectivity index (χ3v) is 4.35. The van der Waals surface area contributed by atoms with Crippen molar-refractivity contribution in [3.8, 4) is 5.75 Å². The van der Waals surface area contributed by atoms with Gasteiger partial charge in [0.25, 0.3) is 0 Å². The van der Waals surface area contributed by atoms with Gasteiger partial charge < -0.3 is 15.2 Å². The Morgan fingerprint density at radius 2 is 1.71 bits per heavy atom. The molecule has 2 rings (SSSR count). The summed E-state index contributed by atoms with van der Waals surface area (Å²) in [6.07, 6.45) is 9.05. The largest absolute Gasteiger partial charge is 0.491 e. The van der Waals surface area contributed by atoms with Crippen molar-refractivity contribution < 1.29 is 15.2 Å². The van der Waals surface area contributed by atoms with Crippen LogP contribution in [-0.2, 0) is 0 Å². The van der Waals surface area contributed by atoms with E-state index >= 15 is 0 Å². The molecule has 3 nitrogen and oxygen atoms in total. The molecule has 0 aromatic heterocycles. The van der Waals surface area contributed by atoms with Crippen LogP contribution in [0.15, 0.2) is 24.3 Å². The van der Waals surface area contributed by atoms with E-state index in [0.29, 0.717) is 12.6 Å². The van der Waals surface area contributed by atoms with Crippen molar-refractivity contribution >= 4 is 0 Å². The molecular formula is C18H30NO2+. The fourth-order valence-corrected chi connectivity index (χ4v) is 2.97. The van der Waals surface area contributed by atoms with Gasteiger partial charge in [-0.2, -0.15) is 0 Å². The quantitative estimate of drug-likeness (QED) is 0.846. The van der Waals surface area contributed by atoms with E-state index in [1.807, 2.05) is 24.3 Å². The molecule has 0 bridgehead atoms. The fourth-order valence-electron chi connectivity index (χ4n) is 2.97. The van der Waals surface area contributed by atoms with Gasteiger partial charge in [-0.25, -0.2) is 0 Å². The Labute approximate surface area is 128 Å². The summed E-state index contributed by atoms with van der Waals surface area (Å²) in [6.45, 7) is 3.19.